The normalized spacial score (nSPS) is 11.5. The van der Waals surface area contributed by atoms with Gasteiger partial charge in [-0.2, -0.15) is 0 Å². The van der Waals surface area contributed by atoms with Crippen LogP contribution >= 0.6 is 0 Å². The summed E-state index contributed by atoms with van der Waals surface area (Å²) in [6, 6.07) is 56.8. The van der Waals surface area contributed by atoms with Crippen molar-refractivity contribution in [2.75, 3.05) is 4.90 Å². The first kappa shape index (κ1) is 29.0. The van der Waals surface area contributed by atoms with Crippen molar-refractivity contribution >= 4 is 60.9 Å². The van der Waals surface area contributed by atoms with Gasteiger partial charge in [-0.05, 0) is 71.8 Å². The number of hydrogen-bond donors (Lipinski definition) is 0. The van der Waals surface area contributed by atoms with E-state index in [9.17, 15) is 0 Å². The topological polar surface area (TPSA) is 55.3 Å². The minimum atomic E-state index is 0.781. The highest BCUT2D eigenvalue weighted by Crippen LogP contribution is 2.40. The highest BCUT2D eigenvalue weighted by molar-refractivity contribution is 6.06. The molecule has 0 aliphatic carbocycles. The summed E-state index contributed by atoms with van der Waals surface area (Å²) in [6.45, 7) is 0. The van der Waals surface area contributed by atoms with E-state index in [1.165, 1.54) is 5.56 Å². The van der Waals surface area contributed by atoms with Crippen LogP contribution in [0.15, 0.2) is 185 Å². The molecule has 0 amide bonds. The lowest BCUT2D eigenvalue weighted by Crippen LogP contribution is -2.10. The zero-order valence-corrected chi connectivity index (χ0v) is 27.4. The molecule has 6 aromatic carbocycles. The number of pyridine rings is 2. The Balaban J connectivity index is 1.10. The summed E-state index contributed by atoms with van der Waals surface area (Å²) in [4.78, 5) is 12.0. The van der Waals surface area contributed by atoms with Crippen LogP contribution < -0.4 is 4.90 Å². The number of anilines is 3. The summed E-state index contributed by atoms with van der Waals surface area (Å²) >= 11 is 0. The molecular weight excluding hydrogens is 627 g/mol. The van der Waals surface area contributed by atoms with Gasteiger partial charge in [0.25, 0.3) is 0 Å². The van der Waals surface area contributed by atoms with Crippen molar-refractivity contribution in [1.29, 1.82) is 0 Å². The smallest absolute Gasteiger partial charge is 0.153 e. The van der Waals surface area contributed by atoms with Crippen LogP contribution in [0.2, 0.25) is 0 Å². The minimum Gasteiger partial charge on any atom is -0.454 e. The molecule has 0 unspecified atom stereocenters. The highest BCUT2D eigenvalue weighted by Gasteiger charge is 2.17. The maximum absolute atomic E-state index is 6.07. The summed E-state index contributed by atoms with van der Waals surface area (Å²) in [7, 11) is 0. The van der Waals surface area contributed by atoms with Crippen molar-refractivity contribution in [2.24, 2.45) is 0 Å². The van der Waals surface area contributed by atoms with E-state index < -0.39 is 0 Å². The quantitative estimate of drug-likeness (QED) is 0.178. The Morgan fingerprint density at radius 1 is 0.333 bits per heavy atom. The number of aromatic nitrogens is 2. The predicted molar refractivity (Wildman–Crippen MR) is 208 cm³/mol. The van der Waals surface area contributed by atoms with E-state index in [2.05, 4.69) is 126 Å². The Bertz CT molecular complexity index is 2710. The van der Waals surface area contributed by atoms with Gasteiger partial charge in [0.05, 0.1) is 23.8 Å². The second-order valence-corrected chi connectivity index (χ2v) is 12.7. The molecule has 4 aromatic heterocycles. The van der Waals surface area contributed by atoms with Gasteiger partial charge in [0, 0.05) is 49.7 Å². The molecule has 0 saturated heterocycles. The van der Waals surface area contributed by atoms with Crippen LogP contribution in [0.3, 0.4) is 0 Å². The largest absolute Gasteiger partial charge is 0.454 e. The molecular formula is C46H29N3O2. The Hall–Kier alpha value is -6.98. The first-order valence-corrected chi connectivity index (χ1v) is 17.0. The molecule has 0 N–H and O–H groups in total. The molecule has 0 atom stereocenters. The fraction of sp³-hybridized carbons (Fsp3) is 0. The Labute approximate surface area is 293 Å². The van der Waals surface area contributed by atoms with Gasteiger partial charge in [0.1, 0.15) is 11.2 Å². The third kappa shape index (κ3) is 5.11. The van der Waals surface area contributed by atoms with E-state index in [1.807, 2.05) is 54.9 Å². The summed E-state index contributed by atoms with van der Waals surface area (Å²) in [5.74, 6) is 0. The molecule has 0 saturated carbocycles. The van der Waals surface area contributed by atoms with Crippen LogP contribution in [-0.2, 0) is 0 Å². The Morgan fingerprint density at radius 2 is 0.804 bits per heavy atom. The summed E-state index contributed by atoms with van der Waals surface area (Å²) in [5, 5.41) is 4.27. The van der Waals surface area contributed by atoms with Gasteiger partial charge in [-0.25, -0.2) is 0 Å². The predicted octanol–water partition coefficient (Wildman–Crippen LogP) is 12.7. The van der Waals surface area contributed by atoms with Crippen molar-refractivity contribution in [2.45, 2.75) is 0 Å². The van der Waals surface area contributed by atoms with Gasteiger partial charge in [0.2, 0.25) is 0 Å². The maximum Gasteiger partial charge on any atom is 0.153 e. The van der Waals surface area contributed by atoms with Crippen LogP contribution in [0.4, 0.5) is 17.1 Å². The van der Waals surface area contributed by atoms with Gasteiger partial charge in [-0.1, -0.05) is 103 Å². The standard InChI is InChI=1S/C46H29N3O2/c1-2-10-30(11-3-1)31-20-22-34(23-21-31)49(35-14-8-12-32(24-35)41-26-39-37-16-4-6-18-43(37)50-45(39)28-47-41)36-15-9-13-33(25-36)42-27-40-38-17-5-7-19-44(38)51-46(40)29-48-42/h1-29H. The number of hydrogen-bond acceptors (Lipinski definition) is 5. The van der Waals surface area contributed by atoms with E-state index in [1.54, 1.807) is 0 Å². The van der Waals surface area contributed by atoms with Crippen LogP contribution in [0.25, 0.3) is 77.5 Å². The Kier molecular flexibility index (Phi) is 6.74. The van der Waals surface area contributed by atoms with Crippen LogP contribution in [0.1, 0.15) is 0 Å². The monoisotopic (exact) mass is 655 g/mol. The van der Waals surface area contributed by atoms with Gasteiger partial charge in [-0.3, -0.25) is 9.97 Å². The lowest BCUT2D eigenvalue weighted by atomic mass is 10.0. The zero-order valence-electron chi connectivity index (χ0n) is 27.4. The van der Waals surface area contributed by atoms with E-state index in [-0.39, 0.29) is 0 Å². The van der Waals surface area contributed by atoms with Gasteiger partial charge in [-0.15, -0.1) is 0 Å². The number of para-hydroxylation sites is 2. The number of benzene rings is 6. The molecule has 0 spiro atoms. The van der Waals surface area contributed by atoms with Gasteiger partial charge in [0.15, 0.2) is 11.2 Å². The van der Waals surface area contributed by atoms with Crippen molar-refractivity contribution in [3.63, 3.8) is 0 Å². The molecule has 0 aliphatic heterocycles. The second-order valence-electron chi connectivity index (χ2n) is 12.7. The minimum absolute atomic E-state index is 0.781. The molecule has 10 rings (SSSR count). The van der Waals surface area contributed by atoms with E-state index in [0.717, 1.165) is 89.0 Å². The fourth-order valence-electron chi connectivity index (χ4n) is 7.07. The third-order valence-corrected chi connectivity index (χ3v) is 9.56. The van der Waals surface area contributed by atoms with Crippen LogP contribution in [0, 0.1) is 0 Å². The van der Waals surface area contributed by atoms with Crippen molar-refractivity contribution in [1.82, 2.24) is 9.97 Å². The second kappa shape index (κ2) is 11.9. The van der Waals surface area contributed by atoms with Crippen molar-refractivity contribution in [3.05, 3.63) is 176 Å². The molecule has 51 heavy (non-hydrogen) atoms. The molecule has 0 fully saturated rings. The van der Waals surface area contributed by atoms with Crippen LogP contribution in [-0.4, -0.2) is 9.97 Å². The average molecular weight is 656 g/mol. The molecule has 0 radical (unpaired) electrons. The summed E-state index contributed by atoms with van der Waals surface area (Å²) in [6.07, 6.45) is 3.65. The Morgan fingerprint density at radius 3 is 1.35 bits per heavy atom. The number of rotatable bonds is 6. The lowest BCUT2D eigenvalue weighted by molar-refractivity contribution is 0.666. The molecule has 240 valence electrons. The molecule has 5 heteroatoms. The van der Waals surface area contributed by atoms with Gasteiger partial charge < -0.3 is 13.7 Å². The van der Waals surface area contributed by atoms with E-state index >= 15 is 0 Å². The van der Waals surface area contributed by atoms with Gasteiger partial charge >= 0.3 is 0 Å². The zero-order chi connectivity index (χ0) is 33.7. The first-order chi connectivity index (χ1) is 25.2. The summed E-state index contributed by atoms with van der Waals surface area (Å²) in [5.41, 5.74) is 12.5. The molecule has 0 bridgehead atoms. The molecule has 5 nitrogen and oxygen atoms in total. The van der Waals surface area contributed by atoms with Crippen molar-refractivity contribution in [3.8, 4) is 33.6 Å². The fourth-order valence-corrected chi connectivity index (χ4v) is 7.07. The van der Waals surface area contributed by atoms with E-state index in [0.29, 0.717) is 0 Å². The molecule has 0 aliphatic rings. The SMILES string of the molecule is c1ccc(-c2ccc(N(c3cccc(-c4cc5c(cn4)oc4ccccc45)c3)c3cccc(-c4cc5c(cn4)oc4ccccc45)c3)cc2)cc1. The van der Waals surface area contributed by atoms with Crippen LogP contribution in [0.5, 0.6) is 0 Å². The summed E-state index contributed by atoms with van der Waals surface area (Å²) < 4.78 is 12.1. The number of fused-ring (bicyclic) bond motifs is 6. The highest BCUT2D eigenvalue weighted by atomic mass is 16.3. The average Bonchev–Trinajstić information content (AvgIpc) is 3.77. The van der Waals surface area contributed by atoms with E-state index in [4.69, 9.17) is 18.8 Å². The third-order valence-electron chi connectivity index (χ3n) is 9.56. The lowest BCUT2D eigenvalue weighted by Gasteiger charge is -2.26. The molecule has 10 aromatic rings. The van der Waals surface area contributed by atoms with Crippen molar-refractivity contribution < 1.29 is 8.83 Å². The number of nitrogens with zero attached hydrogens (tertiary/aromatic N) is 3. The first-order valence-electron chi connectivity index (χ1n) is 17.0. The molecule has 4 heterocycles. The maximum atomic E-state index is 6.07. The number of furan rings is 2.